The lowest BCUT2D eigenvalue weighted by Gasteiger charge is -2.28. The first-order valence-corrected chi connectivity index (χ1v) is 5.89. The largest absolute Gasteiger partial charge is 0.496 e. The molecule has 1 saturated heterocycles. The maximum Gasteiger partial charge on any atom is 0.131 e. The summed E-state index contributed by atoms with van der Waals surface area (Å²) in [6.07, 6.45) is 1.95. The molecule has 0 aromatic heterocycles. The zero-order valence-electron chi connectivity index (χ0n) is 9.99. The molecule has 1 aromatic rings. The molecule has 1 fully saturated rings. The highest BCUT2D eigenvalue weighted by Gasteiger charge is 2.27. The second kappa shape index (κ2) is 5.47. The molecule has 1 heterocycles. The van der Waals surface area contributed by atoms with Gasteiger partial charge in [-0.05, 0) is 25.0 Å². The fourth-order valence-corrected chi connectivity index (χ4v) is 2.30. The average Bonchev–Trinajstić information content (AvgIpc) is 2.38. The topological polar surface area (TPSA) is 44.5 Å². The quantitative estimate of drug-likeness (QED) is 0.880. The normalized spacial score (nSPS) is 22.2. The van der Waals surface area contributed by atoms with Crippen LogP contribution in [-0.4, -0.2) is 20.3 Å². The van der Waals surface area contributed by atoms with Gasteiger partial charge in [0, 0.05) is 24.1 Å². The summed E-state index contributed by atoms with van der Waals surface area (Å²) in [7, 11) is 1.53. The highest BCUT2D eigenvalue weighted by Crippen LogP contribution is 2.33. The molecule has 1 aliphatic heterocycles. The number of benzene rings is 1. The van der Waals surface area contributed by atoms with Crippen molar-refractivity contribution in [1.29, 1.82) is 0 Å². The Balaban J connectivity index is 2.25. The van der Waals surface area contributed by atoms with Crippen LogP contribution < -0.4 is 10.5 Å². The average molecular weight is 239 g/mol. The predicted octanol–water partition coefficient (Wildman–Crippen LogP) is 2.26. The number of methoxy groups -OCH3 is 1. The molecule has 0 amide bonds. The van der Waals surface area contributed by atoms with Gasteiger partial charge in [0.2, 0.25) is 0 Å². The smallest absolute Gasteiger partial charge is 0.131 e. The van der Waals surface area contributed by atoms with E-state index in [1.807, 2.05) is 0 Å². The van der Waals surface area contributed by atoms with Crippen LogP contribution in [0.4, 0.5) is 4.39 Å². The van der Waals surface area contributed by atoms with Gasteiger partial charge in [0.1, 0.15) is 11.6 Å². The molecule has 1 aromatic carbocycles. The molecule has 2 rings (SSSR count). The fourth-order valence-electron chi connectivity index (χ4n) is 2.30. The molecule has 0 aliphatic carbocycles. The zero-order valence-corrected chi connectivity index (χ0v) is 9.99. The Bertz CT molecular complexity index is 378. The highest BCUT2D eigenvalue weighted by atomic mass is 19.1. The maximum atomic E-state index is 13.8. The minimum Gasteiger partial charge on any atom is -0.496 e. The van der Waals surface area contributed by atoms with Crippen molar-refractivity contribution in [2.45, 2.75) is 18.9 Å². The highest BCUT2D eigenvalue weighted by molar-refractivity contribution is 5.37. The van der Waals surface area contributed by atoms with E-state index in [-0.39, 0.29) is 17.8 Å². The van der Waals surface area contributed by atoms with Crippen LogP contribution in [0.25, 0.3) is 0 Å². The fraction of sp³-hybridized carbons (Fsp3) is 0.538. The Hall–Kier alpha value is -1.13. The molecular formula is C13H18FNO2. The van der Waals surface area contributed by atoms with Gasteiger partial charge >= 0.3 is 0 Å². The predicted molar refractivity (Wildman–Crippen MR) is 63.4 cm³/mol. The SMILES string of the molecule is COc1cccc(F)c1C(N)C1CCCOC1. The first-order valence-electron chi connectivity index (χ1n) is 5.89. The van der Waals surface area contributed by atoms with E-state index in [2.05, 4.69) is 0 Å². The Morgan fingerprint density at radius 2 is 2.35 bits per heavy atom. The lowest BCUT2D eigenvalue weighted by molar-refractivity contribution is 0.0440. The van der Waals surface area contributed by atoms with Crippen LogP contribution >= 0.6 is 0 Å². The van der Waals surface area contributed by atoms with E-state index in [4.69, 9.17) is 15.2 Å². The summed E-state index contributed by atoms with van der Waals surface area (Å²) in [5.41, 5.74) is 6.61. The molecule has 0 saturated carbocycles. The minimum atomic E-state index is -0.369. The van der Waals surface area contributed by atoms with Crippen molar-refractivity contribution in [3.8, 4) is 5.75 Å². The Labute approximate surface area is 101 Å². The molecular weight excluding hydrogens is 221 g/mol. The molecule has 3 nitrogen and oxygen atoms in total. The second-order valence-corrected chi connectivity index (χ2v) is 4.36. The van der Waals surface area contributed by atoms with E-state index in [0.29, 0.717) is 17.9 Å². The lowest BCUT2D eigenvalue weighted by Crippen LogP contribution is -2.30. The van der Waals surface area contributed by atoms with E-state index in [1.54, 1.807) is 12.1 Å². The summed E-state index contributed by atoms with van der Waals surface area (Å²) in [5.74, 6) is 0.375. The van der Waals surface area contributed by atoms with Crippen molar-refractivity contribution in [3.63, 3.8) is 0 Å². The second-order valence-electron chi connectivity index (χ2n) is 4.36. The number of rotatable bonds is 3. The van der Waals surface area contributed by atoms with Crippen molar-refractivity contribution in [1.82, 2.24) is 0 Å². The van der Waals surface area contributed by atoms with Crippen molar-refractivity contribution in [2.24, 2.45) is 11.7 Å². The number of hydrogen-bond donors (Lipinski definition) is 1. The van der Waals surface area contributed by atoms with E-state index < -0.39 is 0 Å². The molecule has 94 valence electrons. The third kappa shape index (κ3) is 2.58. The van der Waals surface area contributed by atoms with Gasteiger partial charge in [-0.1, -0.05) is 6.07 Å². The van der Waals surface area contributed by atoms with Crippen molar-refractivity contribution >= 4 is 0 Å². The third-order valence-electron chi connectivity index (χ3n) is 3.27. The molecule has 2 atom stereocenters. The van der Waals surface area contributed by atoms with Gasteiger partial charge in [-0.2, -0.15) is 0 Å². The van der Waals surface area contributed by atoms with E-state index >= 15 is 0 Å². The Morgan fingerprint density at radius 1 is 1.53 bits per heavy atom. The van der Waals surface area contributed by atoms with Crippen molar-refractivity contribution in [2.75, 3.05) is 20.3 Å². The van der Waals surface area contributed by atoms with Crippen LogP contribution in [0.15, 0.2) is 18.2 Å². The first-order chi connectivity index (χ1) is 8.24. The molecule has 1 aliphatic rings. The van der Waals surface area contributed by atoms with Crippen LogP contribution in [0.3, 0.4) is 0 Å². The Kier molecular flexibility index (Phi) is 3.97. The molecule has 0 radical (unpaired) electrons. The number of hydrogen-bond acceptors (Lipinski definition) is 3. The summed E-state index contributed by atoms with van der Waals surface area (Å²) < 4.78 is 24.4. The van der Waals surface area contributed by atoms with Crippen LogP contribution in [0, 0.1) is 11.7 Å². The van der Waals surface area contributed by atoms with E-state index in [1.165, 1.54) is 13.2 Å². The standard InChI is InChI=1S/C13H18FNO2/c1-16-11-6-2-5-10(14)12(11)13(15)9-4-3-7-17-8-9/h2,5-6,9,13H,3-4,7-8,15H2,1H3. The van der Waals surface area contributed by atoms with E-state index in [9.17, 15) is 4.39 Å². The molecule has 0 bridgehead atoms. The summed E-state index contributed by atoms with van der Waals surface area (Å²) in [6, 6.07) is 4.41. The molecule has 2 N–H and O–H groups in total. The molecule has 4 heteroatoms. The number of ether oxygens (including phenoxy) is 2. The van der Waals surface area contributed by atoms with Crippen LogP contribution in [-0.2, 0) is 4.74 Å². The summed E-state index contributed by atoms with van der Waals surface area (Å²) >= 11 is 0. The van der Waals surface area contributed by atoms with Gasteiger partial charge in [-0.15, -0.1) is 0 Å². The summed E-state index contributed by atoms with van der Waals surface area (Å²) in [6.45, 7) is 1.37. The Morgan fingerprint density at radius 3 is 3.00 bits per heavy atom. The van der Waals surface area contributed by atoms with Crippen molar-refractivity contribution < 1.29 is 13.9 Å². The summed E-state index contributed by atoms with van der Waals surface area (Å²) in [5, 5.41) is 0. The summed E-state index contributed by atoms with van der Waals surface area (Å²) in [4.78, 5) is 0. The number of halogens is 1. The third-order valence-corrected chi connectivity index (χ3v) is 3.27. The minimum absolute atomic E-state index is 0.162. The van der Waals surface area contributed by atoms with Crippen LogP contribution in [0.1, 0.15) is 24.4 Å². The monoisotopic (exact) mass is 239 g/mol. The molecule has 17 heavy (non-hydrogen) atoms. The van der Waals surface area contributed by atoms with Gasteiger partial charge in [0.05, 0.1) is 13.7 Å². The first kappa shape index (κ1) is 12.3. The lowest BCUT2D eigenvalue weighted by atomic mass is 9.88. The number of nitrogens with two attached hydrogens (primary N) is 1. The van der Waals surface area contributed by atoms with Gasteiger partial charge in [-0.25, -0.2) is 4.39 Å². The van der Waals surface area contributed by atoms with Gasteiger partial charge in [0.15, 0.2) is 0 Å². The van der Waals surface area contributed by atoms with Crippen molar-refractivity contribution in [3.05, 3.63) is 29.6 Å². The zero-order chi connectivity index (χ0) is 12.3. The van der Waals surface area contributed by atoms with Crippen LogP contribution in [0.2, 0.25) is 0 Å². The van der Waals surface area contributed by atoms with Gasteiger partial charge in [-0.3, -0.25) is 0 Å². The van der Waals surface area contributed by atoms with E-state index in [0.717, 1.165) is 19.4 Å². The van der Waals surface area contributed by atoms with Crippen LogP contribution in [0.5, 0.6) is 5.75 Å². The van der Waals surface area contributed by atoms with Gasteiger partial charge in [0.25, 0.3) is 0 Å². The molecule has 2 unspecified atom stereocenters. The van der Waals surface area contributed by atoms with Gasteiger partial charge < -0.3 is 15.2 Å². The molecule has 0 spiro atoms. The maximum absolute atomic E-state index is 13.8.